The van der Waals surface area contributed by atoms with Gasteiger partial charge in [-0.2, -0.15) is 13.2 Å². The van der Waals surface area contributed by atoms with E-state index in [4.69, 9.17) is 0 Å². The molecule has 0 saturated carbocycles. The maximum atomic E-state index is 12.6. The van der Waals surface area contributed by atoms with Crippen molar-refractivity contribution in [3.63, 3.8) is 0 Å². The van der Waals surface area contributed by atoms with Crippen molar-refractivity contribution in [2.45, 2.75) is 19.0 Å². The maximum Gasteiger partial charge on any atom is 0.433 e. The number of aromatic nitrogens is 1. The Morgan fingerprint density at radius 2 is 1.90 bits per heavy atom. The number of likely N-dealkylation sites (tertiary alicyclic amines) is 1. The summed E-state index contributed by atoms with van der Waals surface area (Å²) < 4.78 is 37.9. The van der Waals surface area contributed by atoms with E-state index in [1.165, 1.54) is 0 Å². The minimum absolute atomic E-state index is 0.0920. The number of anilines is 1. The molecule has 0 radical (unpaired) electrons. The Hall–Kier alpha value is -1.79. The summed E-state index contributed by atoms with van der Waals surface area (Å²) in [5.41, 5.74) is -0.419. The molecule has 2 saturated heterocycles. The highest BCUT2D eigenvalue weighted by molar-refractivity contribution is 5.82. The summed E-state index contributed by atoms with van der Waals surface area (Å²) in [6.07, 6.45) is -1.19. The fraction of sp³-hybridized carbons (Fsp3) is 0.571. The van der Waals surface area contributed by atoms with Crippen LogP contribution in [0.15, 0.2) is 18.3 Å². The second-order valence-corrected chi connectivity index (χ2v) is 5.53. The number of amides is 1. The van der Waals surface area contributed by atoms with Crippen LogP contribution >= 0.6 is 0 Å². The topological polar surface area (TPSA) is 36.4 Å². The van der Waals surface area contributed by atoms with E-state index < -0.39 is 11.9 Å². The van der Waals surface area contributed by atoms with E-state index in [1.807, 2.05) is 4.90 Å². The standard InChI is InChI=1S/C14H16F3N3O/c15-14(16,17)12-7-11(3-4-18-12)20-8-10(9-20)13(21)19-5-1-2-6-19/h3-4,7,10H,1-2,5-6,8-9H2. The van der Waals surface area contributed by atoms with Crippen molar-refractivity contribution in [1.29, 1.82) is 0 Å². The number of carbonyl (C=O) groups excluding carboxylic acids is 1. The maximum absolute atomic E-state index is 12.6. The van der Waals surface area contributed by atoms with Gasteiger partial charge in [0.2, 0.25) is 5.91 Å². The molecule has 2 aliphatic heterocycles. The molecule has 0 bridgehead atoms. The number of pyridine rings is 1. The third kappa shape index (κ3) is 2.82. The van der Waals surface area contributed by atoms with Gasteiger partial charge in [-0.3, -0.25) is 9.78 Å². The number of halogens is 3. The summed E-state index contributed by atoms with van der Waals surface area (Å²) in [5.74, 6) is 0.0412. The van der Waals surface area contributed by atoms with Gasteiger partial charge in [-0.05, 0) is 25.0 Å². The SMILES string of the molecule is O=C(C1CN(c2ccnc(C(F)(F)F)c2)C1)N1CCCC1. The lowest BCUT2D eigenvalue weighted by atomic mass is 9.97. The predicted molar refractivity (Wildman–Crippen MR) is 70.8 cm³/mol. The smallest absolute Gasteiger partial charge is 0.370 e. The molecule has 0 aliphatic carbocycles. The zero-order valence-electron chi connectivity index (χ0n) is 11.4. The molecule has 0 spiro atoms. The molecule has 0 atom stereocenters. The summed E-state index contributed by atoms with van der Waals surface area (Å²) in [4.78, 5) is 19.1. The number of alkyl halides is 3. The van der Waals surface area contributed by atoms with Crippen LogP contribution in [-0.2, 0) is 11.0 Å². The monoisotopic (exact) mass is 299 g/mol. The summed E-state index contributed by atoms with van der Waals surface area (Å²) in [6.45, 7) is 2.58. The number of carbonyl (C=O) groups is 1. The van der Waals surface area contributed by atoms with Crippen molar-refractivity contribution in [2.75, 3.05) is 31.1 Å². The fourth-order valence-corrected chi connectivity index (χ4v) is 2.81. The largest absolute Gasteiger partial charge is 0.433 e. The molecular formula is C14H16F3N3O. The van der Waals surface area contributed by atoms with Gasteiger partial charge in [0.1, 0.15) is 5.69 Å². The number of hydrogen-bond acceptors (Lipinski definition) is 3. The average molecular weight is 299 g/mol. The Labute approximate surface area is 120 Å². The Balaban J connectivity index is 1.62. The van der Waals surface area contributed by atoms with Crippen LogP contribution in [0.25, 0.3) is 0 Å². The molecule has 0 unspecified atom stereocenters. The number of nitrogens with zero attached hydrogens (tertiary/aromatic N) is 3. The molecular weight excluding hydrogens is 283 g/mol. The van der Waals surface area contributed by atoms with Crippen molar-refractivity contribution in [3.05, 3.63) is 24.0 Å². The van der Waals surface area contributed by atoms with Gasteiger partial charge in [0.15, 0.2) is 0 Å². The van der Waals surface area contributed by atoms with Crippen molar-refractivity contribution in [3.8, 4) is 0 Å². The van der Waals surface area contributed by atoms with Crippen molar-refractivity contribution in [2.24, 2.45) is 5.92 Å². The van der Waals surface area contributed by atoms with Crippen LogP contribution in [0.4, 0.5) is 18.9 Å². The van der Waals surface area contributed by atoms with Gasteiger partial charge in [-0.25, -0.2) is 0 Å². The molecule has 114 valence electrons. The minimum Gasteiger partial charge on any atom is -0.370 e. The van der Waals surface area contributed by atoms with E-state index in [9.17, 15) is 18.0 Å². The quantitative estimate of drug-likeness (QED) is 0.839. The van der Waals surface area contributed by atoms with Crippen LogP contribution in [0.3, 0.4) is 0 Å². The molecule has 4 nitrogen and oxygen atoms in total. The van der Waals surface area contributed by atoms with E-state index in [2.05, 4.69) is 4.98 Å². The highest BCUT2D eigenvalue weighted by Crippen LogP contribution is 2.32. The van der Waals surface area contributed by atoms with E-state index in [0.717, 1.165) is 38.2 Å². The van der Waals surface area contributed by atoms with Gasteiger partial charge in [0, 0.05) is 38.1 Å². The lowest BCUT2D eigenvalue weighted by Gasteiger charge is -2.41. The third-order valence-corrected chi connectivity index (χ3v) is 4.05. The summed E-state index contributed by atoms with van der Waals surface area (Å²) >= 11 is 0. The van der Waals surface area contributed by atoms with Gasteiger partial charge in [0.25, 0.3) is 0 Å². The van der Waals surface area contributed by atoms with Crippen LogP contribution in [0.5, 0.6) is 0 Å². The molecule has 3 heterocycles. The van der Waals surface area contributed by atoms with Gasteiger partial charge < -0.3 is 9.80 Å². The second kappa shape index (κ2) is 5.20. The van der Waals surface area contributed by atoms with Gasteiger partial charge in [-0.1, -0.05) is 0 Å². The summed E-state index contributed by atoms with van der Waals surface area (Å²) in [5, 5.41) is 0. The highest BCUT2D eigenvalue weighted by Gasteiger charge is 2.38. The normalized spacial score (nSPS) is 19.8. The predicted octanol–water partition coefficient (Wildman–Crippen LogP) is 2.16. The molecule has 1 aromatic heterocycles. The van der Waals surface area contributed by atoms with E-state index in [0.29, 0.717) is 18.8 Å². The first kappa shape index (κ1) is 14.2. The van der Waals surface area contributed by atoms with Crippen LogP contribution < -0.4 is 4.90 Å². The molecule has 1 aromatic rings. The third-order valence-electron chi connectivity index (χ3n) is 4.05. The zero-order valence-corrected chi connectivity index (χ0v) is 11.4. The fourth-order valence-electron chi connectivity index (χ4n) is 2.81. The first-order valence-electron chi connectivity index (χ1n) is 7.02. The first-order chi connectivity index (χ1) is 9.95. The van der Waals surface area contributed by atoms with Gasteiger partial charge in [0.05, 0.1) is 5.92 Å². The van der Waals surface area contributed by atoms with Crippen LogP contribution in [-0.4, -0.2) is 42.0 Å². The molecule has 0 N–H and O–H groups in total. The minimum atomic E-state index is -4.44. The first-order valence-corrected chi connectivity index (χ1v) is 7.02. The second-order valence-electron chi connectivity index (χ2n) is 5.53. The molecule has 21 heavy (non-hydrogen) atoms. The van der Waals surface area contributed by atoms with Gasteiger partial charge >= 0.3 is 6.18 Å². The molecule has 1 amide bonds. The van der Waals surface area contributed by atoms with E-state index in [1.54, 1.807) is 11.0 Å². The molecule has 7 heteroatoms. The van der Waals surface area contributed by atoms with Crippen LogP contribution in [0.2, 0.25) is 0 Å². The zero-order chi connectivity index (χ0) is 15.0. The Morgan fingerprint density at radius 1 is 1.24 bits per heavy atom. The lowest BCUT2D eigenvalue weighted by Crippen LogP contribution is -2.54. The molecule has 2 aliphatic rings. The number of rotatable bonds is 2. The van der Waals surface area contributed by atoms with E-state index >= 15 is 0 Å². The lowest BCUT2D eigenvalue weighted by molar-refractivity contribution is -0.141. The summed E-state index contributed by atoms with van der Waals surface area (Å²) in [7, 11) is 0. The molecule has 0 aromatic carbocycles. The van der Waals surface area contributed by atoms with Crippen molar-refractivity contribution in [1.82, 2.24) is 9.88 Å². The average Bonchev–Trinajstić information content (AvgIpc) is 2.90. The Bertz CT molecular complexity index is 535. The Morgan fingerprint density at radius 3 is 2.52 bits per heavy atom. The van der Waals surface area contributed by atoms with E-state index in [-0.39, 0.29) is 11.8 Å². The molecule has 2 fully saturated rings. The summed E-state index contributed by atoms with van der Waals surface area (Å²) in [6, 6.07) is 2.59. The van der Waals surface area contributed by atoms with Crippen molar-refractivity contribution < 1.29 is 18.0 Å². The highest BCUT2D eigenvalue weighted by atomic mass is 19.4. The molecule has 3 rings (SSSR count). The number of hydrogen-bond donors (Lipinski definition) is 0. The Kier molecular flexibility index (Phi) is 3.51. The van der Waals surface area contributed by atoms with Crippen molar-refractivity contribution >= 4 is 11.6 Å². The van der Waals surface area contributed by atoms with Crippen LogP contribution in [0.1, 0.15) is 18.5 Å². The van der Waals surface area contributed by atoms with Crippen LogP contribution in [0, 0.1) is 5.92 Å². The van der Waals surface area contributed by atoms with Gasteiger partial charge in [-0.15, -0.1) is 0 Å².